The molecular weight excluding hydrogens is 350 g/mol. The van der Waals surface area contributed by atoms with Gasteiger partial charge in [0, 0.05) is 6.42 Å². The Balaban J connectivity index is 1.83. The van der Waals surface area contributed by atoms with Crippen molar-refractivity contribution in [2.24, 2.45) is 0 Å². The standard InChI is InChI=1S/C18H19N5S2/c1-17(2)8-10-12-15-20-14(11-6-5-7-24-11)21-23(15)9-19-16(12)25-13(10)18(3,4)22-17/h5-7,9,22H,8H2,1-4H3/p+1. The quantitative estimate of drug-likeness (QED) is 0.560. The predicted octanol–water partition coefficient (Wildman–Crippen LogP) is 3.20. The van der Waals surface area contributed by atoms with Gasteiger partial charge in [0.1, 0.15) is 16.7 Å². The van der Waals surface area contributed by atoms with Crippen molar-refractivity contribution in [3.63, 3.8) is 0 Å². The van der Waals surface area contributed by atoms with E-state index in [1.54, 1.807) is 17.7 Å². The Kier molecular flexibility index (Phi) is 3.01. The molecule has 0 aliphatic carbocycles. The zero-order valence-corrected chi connectivity index (χ0v) is 16.3. The van der Waals surface area contributed by atoms with Gasteiger partial charge in [-0.05, 0) is 44.7 Å². The molecule has 0 saturated heterocycles. The van der Waals surface area contributed by atoms with Crippen LogP contribution in [0.5, 0.6) is 0 Å². The minimum absolute atomic E-state index is 0.0516. The molecule has 1 aliphatic heterocycles. The molecule has 0 aromatic carbocycles. The molecule has 128 valence electrons. The SMILES string of the molecule is CC1(C)Cc2c(sc3ncn4nc(-c5cccs5)nc4c23)C(C)(C)[NH2+]1. The molecular formula is C18H20N5S2+. The number of hydrogen-bond donors (Lipinski definition) is 1. The van der Waals surface area contributed by atoms with Gasteiger partial charge >= 0.3 is 0 Å². The molecule has 0 radical (unpaired) electrons. The monoisotopic (exact) mass is 370 g/mol. The average molecular weight is 371 g/mol. The summed E-state index contributed by atoms with van der Waals surface area (Å²) in [5, 5.41) is 10.4. The summed E-state index contributed by atoms with van der Waals surface area (Å²) in [7, 11) is 0. The van der Waals surface area contributed by atoms with Crippen molar-refractivity contribution < 1.29 is 5.32 Å². The largest absolute Gasteiger partial charge is 0.333 e. The lowest BCUT2D eigenvalue weighted by atomic mass is 9.82. The van der Waals surface area contributed by atoms with Gasteiger partial charge in [0.15, 0.2) is 11.5 Å². The summed E-state index contributed by atoms with van der Waals surface area (Å²) in [6.07, 6.45) is 2.82. The van der Waals surface area contributed by atoms with Crippen LogP contribution >= 0.6 is 22.7 Å². The topological polar surface area (TPSA) is 59.7 Å². The molecule has 4 aromatic rings. The second kappa shape index (κ2) is 4.87. The highest BCUT2D eigenvalue weighted by Gasteiger charge is 2.43. The Morgan fingerprint density at radius 3 is 2.84 bits per heavy atom. The van der Waals surface area contributed by atoms with Gasteiger partial charge in [-0.1, -0.05) is 6.07 Å². The molecule has 5 nitrogen and oxygen atoms in total. The number of rotatable bonds is 1. The fraction of sp³-hybridized carbons (Fsp3) is 0.389. The van der Waals surface area contributed by atoms with Gasteiger partial charge in [0.2, 0.25) is 0 Å². The average Bonchev–Trinajstić information content (AvgIpc) is 3.21. The molecule has 7 heteroatoms. The molecule has 0 spiro atoms. The van der Waals surface area contributed by atoms with Crippen molar-refractivity contribution in [2.75, 3.05) is 0 Å². The molecule has 0 saturated carbocycles. The minimum Gasteiger partial charge on any atom is -0.333 e. The van der Waals surface area contributed by atoms with Crippen molar-refractivity contribution in [2.45, 2.75) is 45.2 Å². The van der Waals surface area contributed by atoms with E-state index >= 15 is 0 Å². The molecule has 0 fully saturated rings. The third-order valence-corrected chi connectivity index (χ3v) is 7.18. The van der Waals surface area contributed by atoms with Crippen molar-refractivity contribution in [3.8, 4) is 10.7 Å². The molecule has 4 aromatic heterocycles. The second-order valence-corrected chi connectivity index (χ2v) is 9.99. The van der Waals surface area contributed by atoms with E-state index in [2.05, 4.69) is 49.6 Å². The van der Waals surface area contributed by atoms with Gasteiger partial charge < -0.3 is 5.32 Å². The fourth-order valence-electron chi connectivity index (χ4n) is 4.20. The molecule has 0 atom stereocenters. The van der Waals surface area contributed by atoms with Crippen LogP contribution in [0.25, 0.3) is 26.6 Å². The summed E-state index contributed by atoms with van der Waals surface area (Å²) in [5.41, 5.74) is 2.55. The van der Waals surface area contributed by atoms with Crippen molar-refractivity contribution in [3.05, 3.63) is 34.3 Å². The number of nitrogens with zero attached hydrogens (tertiary/aromatic N) is 4. The Labute approximate surface area is 153 Å². The van der Waals surface area contributed by atoms with Crippen LogP contribution in [0.2, 0.25) is 0 Å². The van der Waals surface area contributed by atoms with E-state index in [9.17, 15) is 0 Å². The number of hydrogen-bond acceptors (Lipinski definition) is 5. The Hall–Kier alpha value is -1.83. The van der Waals surface area contributed by atoms with E-state index in [-0.39, 0.29) is 11.1 Å². The van der Waals surface area contributed by atoms with Gasteiger partial charge in [-0.15, -0.1) is 27.8 Å². The number of nitrogens with two attached hydrogens (primary N) is 1. The van der Waals surface area contributed by atoms with Crippen LogP contribution in [0, 0.1) is 0 Å². The van der Waals surface area contributed by atoms with Gasteiger partial charge in [-0.25, -0.2) is 14.5 Å². The number of fused-ring (bicyclic) bond motifs is 5. The highest BCUT2D eigenvalue weighted by Crippen LogP contribution is 2.41. The van der Waals surface area contributed by atoms with Crippen molar-refractivity contribution in [1.29, 1.82) is 0 Å². The fourth-order valence-corrected chi connectivity index (χ4v) is 6.09. The number of quaternary nitrogens is 1. The Bertz CT molecular complexity index is 1100. The third kappa shape index (κ3) is 2.26. The van der Waals surface area contributed by atoms with Gasteiger partial charge in [-0.3, -0.25) is 0 Å². The predicted molar refractivity (Wildman–Crippen MR) is 102 cm³/mol. The van der Waals surface area contributed by atoms with Crippen LogP contribution in [-0.2, 0) is 12.0 Å². The van der Waals surface area contributed by atoms with Crippen molar-refractivity contribution in [1.82, 2.24) is 19.6 Å². The summed E-state index contributed by atoms with van der Waals surface area (Å²) >= 11 is 3.47. The molecule has 5 heterocycles. The van der Waals surface area contributed by atoms with Crippen molar-refractivity contribution >= 4 is 38.5 Å². The first-order chi connectivity index (χ1) is 11.8. The second-order valence-electron chi connectivity index (χ2n) is 8.05. The van der Waals surface area contributed by atoms with E-state index in [0.717, 1.165) is 27.6 Å². The zero-order valence-electron chi connectivity index (χ0n) is 14.7. The van der Waals surface area contributed by atoms with Crippen LogP contribution in [-0.4, -0.2) is 25.1 Å². The summed E-state index contributed by atoms with van der Waals surface area (Å²) < 4.78 is 1.84. The maximum absolute atomic E-state index is 4.88. The molecule has 0 unspecified atom stereocenters. The first-order valence-corrected chi connectivity index (χ1v) is 10.1. The van der Waals surface area contributed by atoms with Crippen LogP contribution in [0.3, 0.4) is 0 Å². The molecule has 0 amide bonds. The molecule has 2 N–H and O–H groups in total. The van der Waals surface area contributed by atoms with E-state index in [1.165, 1.54) is 15.8 Å². The smallest absolute Gasteiger partial charge is 0.192 e. The third-order valence-electron chi connectivity index (χ3n) is 4.84. The van der Waals surface area contributed by atoms with Crippen LogP contribution in [0.15, 0.2) is 23.8 Å². The first kappa shape index (κ1) is 15.4. The number of aromatic nitrogens is 4. The van der Waals surface area contributed by atoms with E-state index < -0.39 is 0 Å². The molecule has 25 heavy (non-hydrogen) atoms. The highest BCUT2D eigenvalue weighted by atomic mass is 32.1. The van der Waals surface area contributed by atoms with E-state index in [1.807, 2.05) is 21.9 Å². The molecule has 1 aliphatic rings. The molecule has 5 rings (SSSR count). The lowest BCUT2D eigenvalue weighted by Gasteiger charge is -2.38. The van der Waals surface area contributed by atoms with Gasteiger partial charge in [0.05, 0.1) is 20.7 Å². The molecule has 0 bridgehead atoms. The highest BCUT2D eigenvalue weighted by molar-refractivity contribution is 7.19. The van der Waals surface area contributed by atoms with E-state index in [4.69, 9.17) is 9.97 Å². The first-order valence-electron chi connectivity index (χ1n) is 8.42. The Morgan fingerprint density at radius 1 is 1.24 bits per heavy atom. The van der Waals surface area contributed by atoms with Crippen LogP contribution < -0.4 is 5.32 Å². The summed E-state index contributed by atoms with van der Waals surface area (Å²) in [5.74, 6) is 0.783. The lowest BCUT2D eigenvalue weighted by molar-refractivity contribution is -0.789. The summed E-state index contributed by atoms with van der Waals surface area (Å²) in [6.45, 7) is 9.24. The van der Waals surface area contributed by atoms with Crippen LogP contribution in [0.1, 0.15) is 38.1 Å². The maximum Gasteiger partial charge on any atom is 0.192 e. The normalized spacial score (nSPS) is 18.7. The van der Waals surface area contributed by atoms with Gasteiger partial charge in [0.25, 0.3) is 0 Å². The number of thiophene rings is 2. The van der Waals surface area contributed by atoms with Gasteiger partial charge in [-0.2, -0.15) is 0 Å². The lowest BCUT2D eigenvalue weighted by Crippen LogP contribution is -3.03. The summed E-state index contributed by atoms with van der Waals surface area (Å²) in [4.78, 5) is 13.2. The summed E-state index contributed by atoms with van der Waals surface area (Å²) in [6, 6.07) is 4.10. The van der Waals surface area contributed by atoms with E-state index in [0.29, 0.717) is 0 Å². The maximum atomic E-state index is 4.88. The minimum atomic E-state index is 0.0516. The Morgan fingerprint density at radius 2 is 2.08 bits per heavy atom. The van der Waals surface area contributed by atoms with Crippen LogP contribution in [0.4, 0.5) is 0 Å². The zero-order chi connectivity index (χ0) is 17.4.